The lowest BCUT2D eigenvalue weighted by Crippen LogP contribution is -2.34. The molecule has 0 saturated carbocycles. The van der Waals surface area contributed by atoms with Crippen molar-refractivity contribution < 1.29 is 5.11 Å². The zero-order valence-electron chi connectivity index (χ0n) is 10.2. The van der Waals surface area contributed by atoms with Gasteiger partial charge in [-0.2, -0.15) is 0 Å². The summed E-state index contributed by atoms with van der Waals surface area (Å²) in [7, 11) is 0. The minimum absolute atomic E-state index is 0.285. The molecule has 0 bridgehead atoms. The van der Waals surface area contributed by atoms with Gasteiger partial charge in [-0.15, -0.1) is 0 Å². The Morgan fingerprint density at radius 3 is 2.81 bits per heavy atom. The van der Waals surface area contributed by atoms with Crippen LogP contribution in [0.15, 0.2) is 24.3 Å². The van der Waals surface area contributed by atoms with Gasteiger partial charge in [0.05, 0.1) is 6.61 Å². The van der Waals surface area contributed by atoms with E-state index in [0.717, 1.165) is 13.1 Å². The molecular formula is C14H21NO. The Morgan fingerprint density at radius 2 is 2.12 bits per heavy atom. The number of rotatable bonds is 3. The minimum atomic E-state index is 0.285. The summed E-state index contributed by atoms with van der Waals surface area (Å²) >= 11 is 0. The van der Waals surface area contributed by atoms with Crippen molar-refractivity contribution in [3.8, 4) is 0 Å². The number of likely N-dealkylation sites (tertiary alicyclic amines) is 1. The second-order valence-electron chi connectivity index (χ2n) is 4.91. The van der Waals surface area contributed by atoms with Crippen LogP contribution in [-0.4, -0.2) is 29.2 Å². The van der Waals surface area contributed by atoms with Gasteiger partial charge in [-0.1, -0.05) is 31.2 Å². The molecule has 2 nitrogen and oxygen atoms in total. The number of aliphatic hydroxyl groups is 1. The Hall–Kier alpha value is -0.860. The van der Waals surface area contributed by atoms with E-state index in [1.54, 1.807) is 0 Å². The van der Waals surface area contributed by atoms with E-state index < -0.39 is 0 Å². The van der Waals surface area contributed by atoms with Gasteiger partial charge in [0, 0.05) is 12.6 Å². The molecule has 1 saturated heterocycles. The van der Waals surface area contributed by atoms with Gasteiger partial charge in [0.25, 0.3) is 0 Å². The van der Waals surface area contributed by atoms with Gasteiger partial charge in [-0.3, -0.25) is 4.90 Å². The first-order valence-electron chi connectivity index (χ1n) is 6.11. The molecule has 2 atom stereocenters. The van der Waals surface area contributed by atoms with Crippen molar-refractivity contribution in [1.82, 2.24) is 4.90 Å². The monoisotopic (exact) mass is 219 g/mol. The Bertz CT molecular complexity index is 350. The first kappa shape index (κ1) is 11.6. The number of nitrogens with zero attached hydrogens (tertiary/aromatic N) is 1. The standard InChI is InChI=1S/C14H21NO/c1-11-5-3-4-6-13(11)9-15-8-7-12(2)14(15)10-16/h3-6,12,14,16H,7-10H2,1-2H3. The van der Waals surface area contributed by atoms with Gasteiger partial charge in [-0.25, -0.2) is 0 Å². The van der Waals surface area contributed by atoms with Crippen LogP contribution < -0.4 is 0 Å². The highest BCUT2D eigenvalue weighted by Crippen LogP contribution is 2.25. The van der Waals surface area contributed by atoms with E-state index >= 15 is 0 Å². The lowest BCUT2D eigenvalue weighted by molar-refractivity contribution is 0.134. The van der Waals surface area contributed by atoms with Crippen LogP contribution in [0.5, 0.6) is 0 Å². The molecule has 2 heteroatoms. The topological polar surface area (TPSA) is 23.5 Å². The van der Waals surface area contributed by atoms with E-state index in [2.05, 4.69) is 43.0 Å². The van der Waals surface area contributed by atoms with E-state index in [-0.39, 0.29) is 6.61 Å². The highest BCUT2D eigenvalue weighted by molar-refractivity contribution is 5.25. The summed E-state index contributed by atoms with van der Waals surface area (Å²) in [5, 5.41) is 9.41. The van der Waals surface area contributed by atoms with Gasteiger partial charge < -0.3 is 5.11 Å². The molecule has 16 heavy (non-hydrogen) atoms. The smallest absolute Gasteiger partial charge is 0.0589 e. The Morgan fingerprint density at radius 1 is 1.38 bits per heavy atom. The summed E-state index contributed by atoms with van der Waals surface area (Å²) in [5.74, 6) is 0.619. The molecule has 1 aromatic rings. The van der Waals surface area contributed by atoms with Crippen LogP contribution in [0.1, 0.15) is 24.5 Å². The van der Waals surface area contributed by atoms with Gasteiger partial charge in [-0.05, 0) is 36.9 Å². The van der Waals surface area contributed by atoms with Crippen LogP contribution in [0.2, 0.25) is 0 Å². The zero-order valence-corrected chi connectivity index (χ0v) is 10.2. The maximum atomic E-state index is 9.41. The van der Waals surface area contributed by atoms with Crippen molar-refractivity contribution >= 4 is 0 Å². The van der Waals surface area contributed by atoms with E-state index in [1.165, 1.54) is 17.5 Å². The van der Waals surface area contributed by atoms with Crippen LogP contribution in [0.4, 0.5) is 0 Å². The molecule has 1 heterocycles. The van der Waals surface area contributed by atoms with E-state index in [1.807, 2.05) is 0 Å². The normalized spacial score (nSPS) is 26.2. The summed E-state index contributed by atoms with van der Waals surface area (Å²) in [4.78, 5) is 2.41. The fraction of sp³-hybridized carbons (Fsp3) is 0.571. The lowest BCUT2D eigenvalue weighted by Gasteiger charge is -2.25. The quantitative estimate of drug-likeness (QED) is 0.842. The number of aryl methyl sites for hydroxylation is 1. The van der Waals surface area contributed by atoms with E-state index in [9.17, 15) is 5.11 Å². The SMILES string of the molecule is Cc1ccccc1CN1CCC(C)C1CO. The number of aliphatic hydroxyl groups excluding tert-OH is 1. The molecule has 0 aromatic heterocycles. The maximum absolute atomic E-state index is 9.41. The Labute approximate surface area is 97.9 Å². The Kier molecular flexibility index (Phi) is 3.62. The van der Waals surface area contributed by atoms with Crippen LogP contribution >= 0.6 is 0 Å². The summed E-state index contributed by atoms with van der Waals surface area (Å²) in [6.07, 6.45) is 1.21. The third-order valence-corrected chi connectivity index (χ3v) is 3.82. The van der Waals surface area contributed by atoms with Crippen LogP contribution in [0.25, 0.3) is 0 Å². The zero-order chi connectivity index (χ0) is 11.5. The van der Waals surface area contributed by atoms with Crippen molar-refractivity contribution in [2.45, 2.75) is 32.9 Å². The summed E-state index contributed by atoms with van der Waals surface area (Å²) in [6, 6.07) is 8.86. The molecular weight excluding hydrogens is 198 g/mol. The first-order chi connectivity index (χ1) is 7.72. The molecule has 2 unspecified atom stereocenters. The molecule has 0 aliphatic carbocycles. The van der Waals surface area contributed by atoms with Crippen molar-refractivity contribution in [1.29, 1.82) is 0 Å². The third-order valence-electron chi connectivity index (χ3n) is 3.82. The van der Waals surface area contributed by atoms with E-state index in [0.29, 0.717) is 12.0 Å². The van der Waals surface area contributed by atoms with Crippen LogP contribution in [0.3, 0.4) is 0 Å². The number of hydrogen-bond donors (Lipinski definition) is 1. The van der Waals surface area contributed by atoms with Crippen molar-refractivity contribution in [2.75, 3.05) is 13.2 Å². The average molecular weight is 219 g/mol. The van der Waals surface area contributed by atoms with Crippen molar-refractivity contribution in [2.24, 2.45) is 5.92 Å². The number of benzene rings is 1. The number of hydrogen-bond acceptors (Lipinski definition) is 2. The molecule has 0 radical (unpaired) electrons. The molecule has 1 aliphatic rings. The molecule has 88 valence electrons. The summed E-state index contributed by atoms with van der Waals surface area (Å²) < 4.78 is 0. The molecule has 1 fully saturated rings. The molecule has 0 spiro atoms. The van der Waals surface area contributed by atoms with Crippen LogP contribution in [-0.2, 0) is 6.54 Å². The minimum Gasteiger partial charge on any atom is -0.395 e. The van der Waals surface area contributed by atoms with Crippen molar-refractivity contribution in [3.05, 3.63) is 35.4 Å². The van der Waals surface area contributed by atoms with Gasteiger partial charge in [0.1, 0.15) is 0 Å². The Balaban J connectivity index is 2.08. The summed E-state index contributed by atoms with van der Waals surface area (Å²) in [6.45, 7) is 6.76. The van der Waals surface area contributed by atoms with Gasteiger partial charge in [0.15, 0.2) is 0 Å². The average Bonchev–Trinajstić information content (AvgIpc) is 2.63. The lowest BCUT2D eigenvalue weighted by atomic mass is 10.0. The third kappa shape index (κ3) is 2.28. The first-order valence-corrected chi connectivity index (χ1v) is 6.11. The summed E-state index contributed by atoms with van der Waals surface area (Å²) in [5.41, 5.74) is 2.73. The molecule has 1 N–H and O–H groups in total. The van der Waals surface area contributed by atoms with Crippen molar-refractivity contribution in [3.63, 3.8) is 0 Å². The van der Waals surface area contributed by atoms with Gasteiger partial charge in [0.2, 0.25) is 0 Å². The molecule has 1 aliphatic heterocycles. The maximum Gasteiger partial charge on any atom is 0.0589 e. The highest BCUT2D eigenvalue weighted by Gasteiger charge is 2.30. The largest absolute Gasteiger partial charge is 0.395 e. The second kappa shape index (κ2) is 4.98. The predicted molar refractivity (Wildman–Crippen MR) is 66.2 cm³/mol. The fourth-order valence-corrected chi connectivity index (χ4v) is 2.59. The second-order valence-corrected chi connectivity index (χ2v) is 4.91. The fourth-order valence-electron chi connectivity index (χ4n) is 2.59. The van der Waals surface area contributed by atoms with E-state index in [4.69, 9.17) is 0 Å². The highest BCUT2D eigenvalue weighted by atomic mass is 16.3. The molecule has 0 amide bonds. The predicted octanol–water partition coefficient (Wildman–Crippen LogP) is 2.20. The molecule has 2 rings (SSSR count). The van der Waals surface area contributed by atoms with Crippen LogP contribution in [0, 0.1) is 12.8 Å². The molecule has 1 aromatic carbocycles. The van der Waals surface area contributed by atoms with Gasteiger partial charge >= 0.3 is 0 Å².